The van der Waals surface area contributed by atoms with Crippen LogP contribution in [0.5, 0.6) is 0 Å². The number of nitro groups is 1. The first-order valence-corrected chi connectivity index (χ1v) is 5.12. The summed E-state index contributed by atoms with van der Waals surface area (Å²) in [7, 11) is 0. The Labute approximate surface area is 86.7 Å². The molecule has 0 radical (unpaired) electrons. The average molecular weight is 205 g/mol. The van der Waals surface area contributed by atoms with Gasteiger partial charge in [-0.1, -0.05) is 12.2 Å². The van der Waals surface area contributed by atoms with Crippen LogP contribution in [0.4, 0.5) is 0 Å². The van der Waals surface area contributed by atoms with Crippen LogP contribution in [-0.2, 0) is 0 Å². The zero-order valence-electron chi connectivity index (χ0n) is 8.08. The van der Waals surface area contributed by atoms with E-state index in [1.807, 2.05) is 12.1 Å². The average Bonchev–Trinajstić information content (AvgIpc) is 2.92. The zero-order valence-corrected chi connectivity index (χ0v) is 8.08. The molecule has 0 amide bonds. The van der Waals surface area contributed by atoms with Gasteiger partial charge >= 0.3 is 0 Å². The number of nitrogens with zero attached hydrogens (tertiary/aromatic N) is 1. The zero-order chi connectivity index (χ0) is 10.4. The molecule has 1 heterocycles. The number of hydrogen-bond acceptors (Lipinski definition) is 3. The van der Waals surface area contributed by atoms with Crippen molar-refractivity contribution in [2.45, 2.75) is 18.4 Å². The van der Waals surface area contributed by atoms with Crippen molar-refractivity contribution in [1.82, 2.24) is 0 Å². The quantitative estimate of drug-likeness (QED) is 0.422. The molecule has 15 heavy (non-hydrogen) atoms. The highest BCUT2D eigenvalue weighted by molar-refractivity contribution is 5.24. The molecule has 0 N–H and O–H groups in total. The molecule has 1 aromatic rings. The fourth-order valence-electron chi connectivity index (χ4n) is 2.94. The maximum atomic E-state index is 11.0. The molecule has 78 valence electrons. The molecule has 2 bridgehead atoms. The van der Waals surface area contributed by atoms with Gasteiger partial charge in [0, 0.05) is 10.8 Å². The summed E-state index contributed by atoms with van der Waals surface area (Å²) in [6.45, 7) is 0. The molecule has 4 nitrogen and oxygen atoms in total. The molecule has 1 saturated carbocycles. The maximum absolute atomic E-state index is 11.0. The second kappa shape index (κ2) is 2.95. The van der Waals surface area contributed by atoms with E-state index in [1.165, 1.54) is 0 Å². The van der Waals surface area contributed by atoms with Gasteiger partial charge in [-0.05, 0) is 24.5 Å². The number of furan rings is 1. The van der Waals surface area contributed by atoms with Gasteiger partial charge in [-0.25, -0.2) is 0 Å². The van der Waals surface area contributed by atoms with E-state index in [0.717, 1.165) is 12.2 Å². The highest BCUT2D eigenvalue weighted by Crippen LogP contribution is 2.50. The summed E-state index contributed by atoms with van der Waals surface area (Å²) in [4.78, 5) is 10.9. The normalized spacial score (nSPS) is 37.3. The summed E-state index contributed by atoms with van der Waals surface area (Å²) in [6.07, 6.45) is 6.56. The minimum Gasteiger partial charge on any atom is -0.469 e. The van der Waals surface area contributed by atoms with Crippen LogP contribution < -0.4 is 0 Å². The van der Waals surface area contributed by atoms with Gasteiger partial charge in [-0.15, -0.1) is 0 Å². The number of rotatable bonds is 2. The largest absolute Gasteiger partial charge is 0.469 e. The van der Waals surface area contributed by atoms with E-state index in [2.05, 4.69) is 6.08 Å². The van der Waals surface area contributed by atoms with Crippen LogP contribution in [-0.4, -0.2) is 11.0 Å². The Morgan fingerprint density at radius 1 is 1.40 bits per heavy atom. The molecule has 0 aliphatic heterocycles. The summed E-state index contributed by atoms with van der Waals surface area (Å²) in [5.41, 5.74) is 0. The molecule has 3 rings (SSSR count). The summed E-state index contributed by atoms with van der Waals surface area (Å²) in [5.74, 6) is 1.08. The highest BCUT2D eigenvalue weighted by atomic mass is 16.6. The molecule has 0 spiro atoms. The van der Waals surface area contributed by atoms with Crippen LogP contribution in [0.2, 0.25) is 0 Å². The SMILES string of the molecule is O=[N+]([O-])[C@@H]1[C@@H](c2ccco2)[C@H]2C=C[C@H]1C2. The summed E-state index contributed by atoms with van der Waals surface area (Å²) < 4.78 is 5.31. The van der Waals surface area contributed by atoms with Gasteiger partial charge in [-0.2, -0.15) is 0 Å². The molecule has 2 aliphatic carbocycles. The van der Waals surface area contributed by atoms with E-state index in [4.69, 9.17) is 4.42 Å². The van der Waals surface area contributed by atoms with Crippen molar-refractivity contribution in [1.29, 1.82) is 0 Å². The van der Waals surface area contributed by atoms with Crippen LogP contribution in [0, 0.1) is 22.0 Å². The molecule has 4 atom stereocenters. The van der Waals surface area contributed by atoms with Gasteiger partial charge in [0.05, 0.1) is 12.2 Å². The Hall–Kier alpha value is -1.58. The van der Waals surface area contributed by atoms with Gasteiger partial charge in [0.25, 0.3) is 0 Å². The van der Waals surface area contributed by atoms with Crippen LogP contribution in [0.1, 0.15) is 18.1 Å². The fourth-order valence-corrected chi connectivity index (χ4v) is 2.94. The van der Waals surface area contributed by atoms with Crippen LogP contribution in [0.3, 0.4) is 0 Å². The molecule has 4 heteroatoms. The first-order valence-electron chi connectivity index (χ1n) is 5.12. The lowest BCUT2D eigenvalue weighted by molar-refractivity contribution is -0.530. The van der Waals surface area contributed by atoms with E-state index < -0.39 is 6.04 Å². The molecule has 2 aliphatic rings. The Morgan fingerprint density at radius 2 is 2.20 bits per heavy atom. The smallest absolute Gasteiger partial charge is 0.229 e. The van der Waals surface area contributed by atoms with Crippen molar-refractivity contribution < 1.29 is 9.34 Å². The van der Waals surface area contributed by atoms with Crippen LogP contribution in [0.15, 0.2) is 35.0 Å². The summed E-state index contributed by atoms with van der Waals surface area (Å²) >= 11 is 0. The highest BCUT2D eigenvalue weighted by Gasteiger charge is 2.53. The maximum Gasteiger partial charge on any atom is 0.229 e. The van der Waals surface area contributed by atoms with Crippen LogP contribution in [0.25, 0.3) is 0 Å². The molecule has 1 fully saturated rings. The summed E-state index contributed by atoms with van der Waals surface area (Å²) in [5, 5.41) is 11.0. The lowest BCUT2D eigenvalue weighted by Crippen LogP contribution is -2.31. The third-order valence-electron chi connectivity index (χ3n) is 3.53. The predicted molar refractivity (Wildman–Crippen MR) is 53.0 cm³/mol. The van der Waals surface area contributed by atoms with E-state index in [-0.39, 0.29) is 22.7 Å². The minimum atomic E-state index is -0.494. The molecular formula is C11H11NO3. The third kappa shape index (κ3) is 1.14. The minimum absolute atomic E-state index is 0.0648. The fraction of sp³-hybridized carbons (Fsp3) is 0.455. The monoisotopic (exact) mass is 205 g/mol. The third-order valence-corrected chi connectivity index (χ3v) is 3.53. The lowest BCUT2D eigenvalue weighted by atomic mass is 9.87. The molecule has 0 saturated heterocycles. The molecule has 1 aromatic heterocycles. The van der Waals surface area contributed by atoms with Crippen LogP contribution >= 0.6 is 0 Å². The number of hydrogen-bond donors (Lipinski definition) is 0. The lowest BCUT2D eigenvalue weighted by Gasteiger charge is -2.19. The number of allylic oxidation sites excluding steroid dienone is 1. The molecule has 0 unspecified atom stereocenters. The summed E-state index contributed by atoms with van der Waals surface area (Å²) in [6, 6.07) is 3.14. The van der Waals surface area contributed by atoms with Crippen molar-refractivity contribution in [2.24, 2.45) is 11.8 Å². The Morgan fingerprint density at radius 3 is 2.87 bits per heavy atom. The first kappa shape index (κ1) is 8.71. The second-order valence-corrected chi connectivity index (χ2v) is 4.27. The van der Waals surface area contributed by atoms with Gasteiger partial charge in [-0.3, -0.25) is 10.1 Å². The Balaban J connectivity index is 2.00. The first-order chi connectivity index (χ1) is 7.27. The van der Waals surface area contributed by atoms with Crippen molar-refractivity contribution in [3.8, 4) is 0 Å². The Bertz CT molecular complexity index is 409. The standard InChI is InChI=1S/C11H11NO3/c13-12(14)11-8-4-3-7(6-8)10(11)9-2-1-5-15-9/h1-5,7-8,10-11H,6H2/t7-,8-,10+,11-/m0/s1. The van der Waals surface area contributed by atoms with Crippen molar-refractivity contribution in [2.75, 3.05) is 0 Å². The number of fused-ring (bicyclic) bond motifs is 2. The molecular weight excluding hydrogens is 194 g/mol. The topological polar surface area (TPSA) is 56.3 Å². The predicted octanol–water partition coefficient (Wildman–Crippen LogP) is 2.21. The van der Waals surface area contributed by atoms with Crippen molar-refractivity contribution in [3.05, 3.63) is 46.4 Å². The van der Waals surface area contributed by atoms with Crippen molar-refractivity contribution in [3.63, 3.8) is 0 Å². The van der Waals surface area contributed by atoms with E-state index >= 15 is 0 Å². The van der Waals surface area contributed by atoms with E-state index in [9.17, 15) is 10.1 Å². The van der Waals surface area contributed by atoms with Gasteiger partial charge < -0.3 is 4.42 Å². The van der Waals surface area contributed by atoms with E-state index in [0.29, 0.717) is 0 Å². The van der Waals surface area contributed by atoms with Gasteiger partial charge in [0.1, 0.15) is 5.76 Å². The molecule has 0 aromatic carbocycles. The second-order valence-electron chi connectivity index (χ2n) is 4.27. The van der Waals surface area contributed by atoms with Gasteiger partial charge in [0.2, 0.25) is 6.04 Å². The van der Waals surface area contributed by atoms with Gasteiger partial charge in [0.15, 0.2) is 0 Å². The van der Waals surface area contributed by atoms with Crippen molar-refractivity contribution >= 4 is 0 Å². The van der Waals surface area contributed by atoms with E-state index in [1.54, 1.807) is 12.3 Å². The Kier molecular flexibility index (Phi) is 1.71.